The van der Waals surface area contributed by atoms with Crippen LogP contribution in [-0.2, 0) is 0 Å². The fraction of sp³-hybridized carbons (Fsp3) is 1.00. The first-order valence-corrected chi connectivity index (χ1v) is 13.1. The lowest BCUT2D eigenvalue weighted by molar-refractivity contribution is 0.335. The van der Waals surface area contributed by atoms with Crippen LogP contribution in [0.3, 0.4) is 0 Å². The molecular formula is C28H66ClN. The van der Waals surface area contributed by atoms with Crippen molar-refractivity contribution < 1.29 is 0 Å². The largest absolute Gasteiger partial charge is 0.306 e. The van der Waals surface area contributed by atoms with Gasteiger partial charge >= 0.3 is 0 Å². The summed E-state index contributed by atoms with van der Waals surface area (Å²) in [4.78, 5) is 2.36. The molecule has 0 N–H and O–H groups in total. The molecule has 0 heterocycles. The smallest absolute Gasteiger partial charge is 0.0307 e. The van der Waals surface area contributed by atoms with Crippen LogP contribution in [0.25, 0.3) is 0 Å². The summed E-state index contributed by atoms with van der Waals surface area (Å²) >= 11 is 5.58. The van der Waals surface area contributed by atoms with E-state index >= 15 is 0 Å². The molecule has 0 aromatic heterocycles. The Morgan fingerprint density at radius 2 is 1.07 bits per heavy atom. The van der Waals surface area contributed by atoms with Crippen LogP contribution in [0.4, 0.5) is 0 Å². The third kappa shape index (κ3) is 79.4. The first kappa shape index (κ1) is 40.6. The summed E-state index contributed by atoms with van der Waals surface area (Å²) in [5, 5.41) is 0.370. The van der Waals surface area contributed by atoms with Crippen LogP contribution in [0.1, 0.15) is 148 Å². The molecule has 0 aromatic carbocycles. The summed E-state index contributed by atoms with van der Waals surface area (Å²) in [5.74, 6) is 0.904. The van der Waals surface area contributed by atoms with Crippen LogP contribution < -0.4 is 0 Å². The second-order valence-electron chi connectivity index (χ2n) is 10.5. The van der Waals surface area contributed by atoms with Gasteiger partial charge in [-0.3, -0.25) is 0 Å². The third-order valence-electron chi connectivity index (χ3n) is 3.78. The van der Waals surface area contributed by atoms with E-state index in [1.165, 1.54) is 70.9 Å². The second kappa shape index (κ2) is 31.4. The van der Waals surface area contributed by atoms with Crippen molar-refractivity contribution >= 4 is 11.6 Å². The average molecular weight is 452 g/mol. The Labute approximate surface area is 201 Å². The summed E-state index contributed by atoms with van der Waals surface area (Å²) in [6.07, 6.45) is 13.4. The predicted octanol–water partition coefficient (Wildman–Crippen LogP) is 10.8. The fourth-order valence-corrected chi connectivity index (χ4v) is 2.65. The molecule has 0 aliphatic heterocycles. The third-order valence-corrected chi connectivity index (χ3v) is 4.00. The molecule has 1 atom stereocenters. The molecule has 1 nitrogen and oxygen atoms in total. The van der Waals surface area contributed by atoms with Crippen molar-refractivity contribution in [3.8, 4) is 0 Å². The van der Waals surface area contributed by atoms with Crippen molar-refractivity contribution in [3.63, 3.8) is 0 Å². The molecule has 190 valence electrons. The Balaban J connectivity index is -0.0000000947. The molecular weight excluding hydrogens is 386 g/mol. The van der Waals surface area contributed by atoms with Gasteiger partial charge in [-0.1, -0.05) is 122 Å². The van der Waals surface area contributed by atoms with E-state index < -0.39 is 0 Å². The van der Waals surface area contributed by atoms with Gasteiger partial charge in [0.15, 0.2) is 0 Å². The summed E-state index contributed by atoms with van der Waals surface area (Å²) in [6.45, 7) is 26.7. The molecule has 0 aromatic rings. The number of rotatable bonds is 12. The summed E-state index contributed by atoms with van der Waals surface area (Å²) in [6, 6.07) is 0. The van der Waals surface area contributed by atoms with Crippen molar-refractivity contribution in [2.24, 2.45) is 11.3 Å². The highest BCUT2D eigenvalue weighted by molar-refractivity contribution is 6.20. The monoisotopic (exact) mass is 451 g/mol. The zero-order chi connectivity index (χ0) is 23.7. The van der Waals surface area contributed by atoms with E-state index in [9.17, 15) is 0 Å². The highest BCUT2D eigenvalue weighted by atomic mass is 35.5. The van der Waals surface area contributed by atoms with Gasteiger partial charge in [0.1, 0.15) is 0 Å². The maximum Gasteiger partial charge on any atom is 0.0307 e. The van der Waals surface area contributed by atoms with E-state index in [1.807, 2.05) is 6.92 Å². The van der Waals surface area contributed by atoms with Crippen molar-refractivity contribution in [2.75, 3.05) is 20.1 Å². The number of nitrogens with zero attached hydrogens (tertiary/aromatic N) is 1. The first-order chi connectivity index (χ1) is 13.3. The van der Waals surface area contributed by atoms with Crippen LogP contribution in [-0.4, -0.2) is 30.4 Å². The molecule has 0 aliphatic carbocycles. The molecule has 0 amide bonds. The van der Waals surface area contributed by atoms with Gasteiger partial charge in [0.25, 0.3) is 0 Å². The van der Waals surface area contributed by atoms with Crippen molar-refractivity contribution in [3.05, 3.63) is 0 Å². The van der Waals surface area contributed by atoms with Crippen LogP contribution in [0.5, 0.6) is 0 Å². The molecule has 0 rings (SSSR count). The van der Waals surface area contributed by atoms with Crippen molar-refractivity contribution in [1.82, 2.24) is 4.90 Å². The Morgan fingerprint density at radius 3 is 1.30 bits per heavy atom. The molecule has 0 saturated carbocycles. The summed E-state index contributed by atoms with van der Waals surface area (Å²) in [5.41, 5.74) is 0.500. The summed E-state index contributed by atoms with van der Waals surface area (Å²) in [7, 11) is 2.17. The minimum atomic E-state index is 0. The van der Waals surface area contributed by atoms with Gasteiger partial charge in [0, 0.05) is 5.38 Å². The highest BCUT2D eigenvalue weighted by Crippen LogP contribution is 2.10. The van der Waals surface area contributed by atoms with Gasteiger partial charge in [-0.15, -0.1) is 11.6 Å². The standard InChI is InChI=1S/C10H22.C7H17N.C5H11Cl.C5H12.CH4/c1-4-5-6-7-8-9-10(2)3;1-4-6-8(3)7-5-2;1-3-4-5(2)6;1-5(2,3)4;/h10H,4-9H2,1-3H3;4-7H2,1-3H3;5H,3-4H2,1-2H3;1-4H3;1H4. The van der Waals surface area contributed by atoms with Gasteiger partial charge in [-0.25, -0.2) is 0 Å². The van der Waals surface area contributed by atoms with Gasteiger partial charge in [0.2, 0.25) is 0 Å². The first-order valence-electron chi connectivity index (χ1n) is 12.7. The van der Waals surface area contributed by atoms with E-state index in [0.29, 0.717) is 10.8 Å². The minimum Gasteiger partial charge on any atom is -0.306 e. The van der Waals surface area contributed by atoms with E-state index in [1.54, 1.807) is 0 Å². The zero-order valence-corrected chi connectivity index (χ0v) is 23.7. The molecule has 1 unspecified atom stereocenters. The Kier molecular flexibility index (Phi) is 42.5. The van der Waals surface area contributed by atoms with Gasteiger partial charge in [-0.2, -0.15) is 0 Å². The number of halogens is 1. The Hall–Kier alpha value is 0.250. The Morgan fingerprint density at radius 1 is 0.667 bits per heavy atom. The van der Waals surface area contributed by atoms with Crippen LogP contribution >= 0.6 is 11.6 Å². The number of alkyl halides is 1. The fourth-order valence-electron chi connectivity index (χ4n) is 2.43. The molecule has 2 heteroatoms. The molecule has 0 radical (unpaired) electrons. The van der Waals surface area contributed by atoms with Crippen LogP contribution in [0.15, 0.2) is 0 Å². The summed E-state index contributed by atoms with van der Waals surface area (Å²) < 4.78 is 0. The molecule has 0 fully saturated rings. The number of hydrogen-bond donors (Lipinski definition) is 0. The van der Waals surface area contributed by atoms with Gasteiger partial charge in [0.05, 0.1) is 0 Å². The predicted molar refractivity (Wildman–Crippen MR) is 148 cm³/mol. The second-order valence-corrected chi connectivity index (χ2v) is 11.2. The lowest BCUT2D eigenvalue weighted by atomic mass is 10.0. The lowest BCUT2D eigenvalue weighted by Gasteiger charge is -2.12. The molecule has 0 saturated heterocycles. The van der Waals surface area contributed by atoms with Crippen LogP contribution in [0, 0.1) is 11.3 Å². The van der Waals surface area contributed by atoms with Crippen molar-refractivity contribution in [2.45, 2.75) is 153 Å². The quantitative estimate of drug-likeness (QED) is 0.210. The SMILES string of the molecule is C.CC(C)(C)C.CCCC(C)Cl.CCCCCCCC(C)C.CCCN(C)CCC. The molecule has 0 aliphatic rings. The topological polar surface area (TPSA) is 3.24 Å². The maximum atomic E-state index is 5.58. The molecule has 0 spiro atoms. The lowest BCUT2D eigenvalue weighted by Crippen LogP contribution is -2.19. The number of unbranched alkanes of at least 4 members (excludes halogenated alkanes) is 4. The Bertz CT molecular complexity index is 244. The highest BCUT2D eigenvalue weighted by Gasteiger charge is 1.95. The van der Waals surface area contributed by atoms with E-state index in [-0.39, 0.29) is 7.43 Å². The van der Waals surface area contributed by atoms with Gasteiger partial charge < -0.3 is 4.90 Å². The van der Waals surface area contributed by atoms with E-state index in [2.05, 4.69) is 81.2 Å². The van der Waals surface area contributed by atoms with E-state index in [4.69, 9.17) is 11.6 Å². The van der Waals surface area contributed by atoms with Crippen molar-refractivity contribution in [1.29, 1.82) is 0 Å². The molecule has 0 bridgehead atoms. The normalized spacial score (nSPS) is 11.3. The maximum absolute atomic E-state index is 5.58. The van der Waals surface area contributed by atoms with E-state index in [0.717, 1.165) is 12.3 Å². The van der Waals surface area contributed by atoms with Crippen LogP contribution in [0.2, 0.25) is 0 Å². The molecule has 30 heavy (non-hydrogen) atoms. The number of hydrogen-bond acceptors (Lipinski definition) is 1. The average Bonchev–Trinajstić information content (AvgIpc) is 2.54. The zero-order valence-electron chi connectivity index (χ0n) is 23.0. The minimum absolute atomic E-state index is 0. The van der Waals surface area contributed by atoms with Gasteiger partial charge in [-0.05, 0) is 57.7 Å².